The Bertz CT molecular complexity index is 393. The molecule has 0 fully saturated rings. The first-order valence-electron chi connectivity index (χ1n) is 4.90. The lowest BCUT2D eigenvalue weighted by molar-refractivity contribution is 0.0506. The number of benzene rings is 1. The van der Waals surface area contributed by atoms with Crippen LogP contribution in [0.4, 0.5) is 5.69 Å². The number of anilines is 1. The van der Waals surface area contributed by atoms with Crippen LogP contribution in [0.5, 0.6) is 5.75 Å². The highest BCUT2D eigenvalue weighted by molar-refractivity contribution is 6.32. The van der Waals surface area contributed by atoms with Crippen molar-refractivity contribution in [3.05, 3.63) is 22.7 Å². The average molecular weight is 244 g/mol. The second kappa shape index (κ2) is 5.61. The highest BCUT2D eigenvalue weighted by Gasteiger charge is 2.14. The van der Waals surface area contributed by atoms with Gasteiger partial charge in [-0.1, -0.05) is 18.5 Å². The van der Waals surface area contributed by atoms with E-state index >= 15 is 0 Å². The molecule has 0 heterocycles. The van der Waals surface area contributed by atoms with Crippen LogP contribution in [-0.4, -0.2) is 19.7 Å². The number of esters is 1. The standard InChI is InChI=1S/C11H14ClNO3/c1-3-4-16-11(14)7-5-8(12)10(15-2)6-9(7)13/h5-6H,3-4,13H2,1-2H3. The van der Waals surface area contributed by atoms with Gasteiger partial charge in [0.05, 0.1) is 24.3 Å². The van der Waals surface area contributed by atoms with Crippen LogP contribution in [-0.2, 0) is 4.74 Å². The summed E-state index contributed by atoms with van der Waals surface area (Å²) in [6, 6.07) is 2.96. The van der Waals surface area contributed by atoms with E-state index < -0.39 is 5.97 Å². The van der Waals surface area contributed by atoms with Crippen LogP contribution in [0, 0.1) is 0 Å². The molecular weight excluding hydrogens is 230 g/mol. The Morgan fingerprint density at radius 2 is 2.19 bits per heavy atom. The minimum atomic E-state index is -0.469. The third-order valence-electron chi connectivity index (χ3n) is 1.98. The van der Waals surface area contributed by atoms with Gasteiger partial charge in [-0.3, -0.25) is 0 Å². The summed E-state index contributed by atoms with van der Waals surface area (Å²) in [4.78, 5) is 11.6. The van der Waals surface area contributed by atoms with Gasteiger partial charge in [-0.2, -0.15) is 0 Å². The zero-order chi connectivity index (χ0) is 12.1. The summed E-state index contributed by atoms with van der Waals surface area (Å²) in [7, 11) is 1.48. The molecule has 88 valence electrons. The third-order valence-corrected chi connectivity index (χ3v) is 2.28. The molecule has 1 rings (SSSR count). The van der Waals surface area contributed by atoms with Crippen molar-refractivity contribution in [2.45, 2.75) is 13.3 Å². The molecule has 0 spiro atoms. The molecule has 0 aromatic heterocycles. The molecule has 0 aliphatic rings. The second-order valence-electron chi connectivity index (χ2n) is 3.21. The molecule has 5 heteroatoms. The fourth-order valence-electron chi connectivity index (χ4n) is 1.17. The first-order chi connectivity index (χ1) is 7.60. The lowest BCUT2D eigenvalue weighted by Gasteiger charge is -2.09. The summed E-state index contributed by atoms with van der Waals surface area (Å²) in [5.74, 6) is -0.0323. The van der Waals surface area contributed by atoms with E-state index in [9.17, 15) is 4.79 Å². The molecule has 0 aliphatic carbocycles. The number of carbonyl (C=O) groups excluding carboxylic acids is 1. The van der Waals surface area contributed by atoms with Crippen LogP contribution in [0.2, 0.25) is 5.02 Å². The molecule has 0 atom stereocenters. The van der Waals surface area contributed by atoms with Crippen molar-refractivity contribution in [3.8, 4) is 5.75 Å². The molecule has 1 aromatic carbocycles. The molecule has 2 N–H and O–H groups in total. The van der Waals surface area contributed by atoms with Gasteiger partial charge in [0.25, 0.3) is 0 Å². The Morgan fingerprint density at radius 1 is 1.50 bits per heavy atom. The van der Waals surface area contributed by atoms with E-state index in [1.807, 2.05) is 6.92 Å². The van der Waals surface area contributed by atoms with Gasteiger partial charge >= 0.3 is 5.97 Å². The smallest absolute Gasteiger partial charge is 0.340 e. The largest absolute Gasteiger partial charge is 0.495 e. The zero-order valence-corrected chi connectivity index (χ0v) is 10.0. The van der Waals surface area contributed by atoms with Gasteiger partial charge in [-0.05, 0) is 12.5 Å². The first kappa shape index (κ1) is 12.6. The fourth-order valence-corrected chi connectivity index (χ4v) is 1.42. The van der Waals surface area contributed by atoms with Crippen LogP contribution in [0.15, 0.2) is 12.1 Å². The van der Waals surface area contributed by atoms with Crippen molar-refractivity contribution >= 4 is 23.3 Å². The van der Waals surface area contributed by atoms with Crippen LogP contribution in [0.3, 0.4) is 0 Å². The summed E-state index contributed by atoms with van der Waals surface area (Å²) >= 11 is 5.89. The number of methoxy groups -OCH3 is 1. The Morgan fingerprint density at radius 3 is 2.75 bits per heavy atom. The molecule has 1 aromatic rings. The van der Waals surface area contributed by atoms with Gasteiger partial charge < -0.3 is 15.2 Å². The van der Waals surface area contributed by atoms with Crippen molar-refractivity contribution in [3.63, 3.8) is 0 Å². The zero-order valence-electron chi connectivity index (χ0n) is 9.25. The second-order valence-corrected chi connectivity index (χ2v) is 3.62. The highest BCUT2D eigenvalue weighted by Crippen LogP contribution is 2.29. The lowest BCUT2D eigenvalue weighted by Crippen LogP contribution is -2.09. The van der Waals surface area contributed by atoms with Crippen molar-refractivity contribution in [1.29, 1.82) is 0 Å². The van der Waals surface area contributed by atoms with E-state index in [1.165, 1.54) is 19.2 Å². The fraction of sp³-hybridized carbons (Fsp3) is 0.364. The Kier molecular flexibility index (Phi) is 4.43. The molecule has 0 saturated carbocycles. The number of hydrogen-bond acceptors (Lipinski definition) is 4. The van der Waals surface area contributed by atoms with Crippen LogP contribution in [0.1, 0.15) is 23.7 Å². The predicted molar refractivity (Wildman–Crippen MR) is 63.0 cm³/mol. The highest BCUT2D eigenvalue weighted by atomic mass is 35.5. The van der Waals surface area contributed by atoms with Crippen LogP contribution >= 0.6 is 11.6 Å². The summed E-state index contributed by atoms with van der Waals surface area (Å²) in [6.45, 7) is 2.28. The molecule has 0 amide bonds. The number of halogens is 1. The molecule has 0 bridgehead atoms. The quantitative estimate of drug-likeness (QED) is 0.652. The first-order valence-corrected chi connectivity index (χ1v) is 5.28. The minimum Gasteiger partial charge on any atom is -0.495 e. The summed E-state index contributed by atoms with van der Waals surface area (Å²) in [5, 5.41) is 0.333. The average Bonchev–Trinajstić information content (AvgIpc) is 2.28. The normalized spacial score (nSPS) is 9.94. The molecule has 0 unspecified atom stereocenters. The Labute approximate surface area is 99.3 Å². The van der Waals surface area contributed by atoms with Gasteiger partial charge in [0.1, 0.15) is 5.75 Å². The van der Waals surface area contributed by atoms with E-state index in [0.29, 0.717) is 23.1 Å². The van der Waals surface area contributed by atoms with Crippen LogP contribution < -0.4 is 10.5 Å². The van der Waals surface area contributed by atoms with Crippen molar-refractivity contribution in [2.75, 3.05) is 19.5 Å². The summed E-state index contributed by atoms with van der Waals surface area (Å²) in [5.41, 5.74) is 6.26. The van der Waals surface area contributed by atoms with E-state index in [1.54, 1.807) is 0 Å². The molecule has 0 radical (unpaired) electrons. The van der Waals surface area contributed by atoms with Gasteiger partial charge in [0.2, 0.25) is 0 Å². The van der Waals surface area contributed by atoms with Gasteiger partial charge in [0.15, 0.2) is 0 Å². The topological polar surface area (TPSA) is 61.5 Å². The molecule has 16 heavy (non-hydrogen) atoms. The molecular formula is C11H14ClNO3. The molecule has 4 nitrogen and oxygen atoms in total. The van der Waals surface area contributed by atoms with E-state index in [0.717, 1.165) is 6.42 Å². The minimum absolute atomic E-state index is 0.263. The maximum absolute atomic E-state index is 11.6. The Balaban J connectivity index is 2.97. The van der Waals surface area contributed by atoms with Gasteiger partial charge in [-0.25, -0.2) is 4.79 Å². The van der Waals surface area contributed by atoms with Crippen molar-refractivity contribution in [2.24, 2.45) is 0 Å². The van der Waals surface area contributed by atoms with Gasteiger partial charge in [-0.15, -0.1) is 0 Å². The predicted octanol–water partition coefficient (Wildman–Crippen LogP) is 2.50. The number of carbonyl (C=O) groups is 1. The van der Waals surface area contributed by atoms with E-state index in [4.69, 9.17) is 26.8 Å². The van der Waals surface area contributed by atoms with Crippen LogP contribution in [0.25, 0.3) is 0 Å². The summed E-state index contributed by atoms with van der Waals surface area (Å²) < 4.78 is 9.95. The number of nitrogen functional groups attached to an aromatic ring is 1. The van der Waals surface area contributed by atoms with E-state index in [-0.39, 0.29) is 5.56 Å². The third kappa shape index (κ3) is 2.79. The number of ether oxygens (including phenoxy) is 2. The molecule has 0 aliphatic heterocycles. The SMILES string of the molecule is CCCOC(=O)c1cc(Cl)c(OC)cc1N. The number of rotatable bonds is 4. The molecule has 0 saturated heterocycles. The van der Waals surface area contributed by atoms with Crippen molar-refractivity contribution in [1.82, 2.24) is 0 Å². The Hall–Kier alpha value is -1.42. The summed E-state index contributed by atoms with van der Waals surface area (Å²) in [6.07, 6.45) is 0.759. The van der Waals surface area contributed by atoms with E-state index in [2.05, 4.69) is 0 Å². The maximum atomic E-state index is 11.6. The maximum Gasteiger partial charge on any atom is 0.340 e. The lowest BCUT2D eigenvalue weighted by atomic mass is 10.1. The van der Waals surface area contributed by atoms with Gasteiger partial charge in [0, 0.05) is 11.8 Å². The number of nitrogens with two attached hydrogens (primary N) is 1. The number of hydrogen-bond donors (Lipinski definition) is 1. The van der Waals surface area contributed by atoms with Crippen molar-refractivity contribution < 1.29 is 14.3 Å². The monoisotopic (exact) mass is 243 g/mol.